The van der Waals surface area contributed by atoms with Crippen LogP contribution in [-0.2, 0) is 11.2 Å². The van der Waals surface area contributed by atoms with Crippen LogP contribution in [0.5, 0.6) is 0 Å². The number of aromatic amines is 1. The third-order valence-electron chi connectivity index (χ3n) is 2.92. The number of esters is 1. The van der Waals surface area contributed by atoms with Crippen LogP contribution in [0.25, 0.3) is 0 Å². The van der Waals surface area contributed by atoms with Crippen molar-refractivity contribution in [1.82, 2.24) is 4.98 Å². The lowest BCUT2D eigenvalue weighted by Crippen LogP contribution is -2.05. The number of hydrogen-bond donors (Lipinski definition) is 1. The average Bonchev–Trinajstić information content (AvgIpc) is 2.62. The smallest absolute Gasteiger partial charge is 0.354 e. The zero-order valence-electron chi connectivity index (χ0n) is 8.59. The predicted molar refractivity (Wildman–Crippen MR) is 53.5 cm³/mol. The molecule has 0 radical (unpaired) electrons. The SMILES string of the molecule is COC(=O)c1cc2c([nH]1)C(C)CCC2. The molecule has 2 rings (SSSR count). The quantitative estimate of drug-likeness (QED) is 0.695. The predicted octanol–water partition coefficient (Wildman–Crippen LogP) is 2.24. The highest BCUT2D eigenvalue weighted by Crippen LogP contribution is 2.31. The van der Waals surface area contributed by atoms with Crippen LogP contribution in [0.3, 0.4) is 0 Å². The van der Waals surface area contributed by atoms with Crippen molar-refractivity contribution in [2.45, 2.75) is 32.1 Å². The molecule has 0 aliphatic heterocycles. The fourth-order valence-electron chi connectivity index (χ4n) is 2.12. The monoisotopic (exact) mass is 193 g/mol. The van der Waals surface area contributed by atoms with Gasteiger partial charge in [-0.25, -0.2) is 4.79 Å². The van der Waals surface area contributed by atoms with Gasteiger partial charge in [-0.1, -0.05) is 6.92 Å². The summed E-state index contributed by atoms with van der Waals surface area (Å²) in [4.78, 5) is 14.4. The zero-order chi connectivity index (χ0) is 10.1. The highest BCUT2D eigenvalue weighted by atomic mass is 16.5. The molecule has 0 saturated heterocycles. The third-order valence-corrected chi connectivity index (χ3v) is 2.92. The molecule has 1 aromatic rings. The number of aromatic nitrogens is 1. The topological polar surface area (TPSA) is 42.1 Å². The zero-order valence-corrected chi connectivity index (χ0v) is 8.59. The molecule has 1 aromatic heterocycles. The lowest BCUT2D eigenvalue weighted by Gasteiger charge is -2.17. The Bertz CT molecular complexity index is 354. The van der Waals surface area contributed by atoms with Crippen LogP contribution < -0.4 is 0 Å². The van der Waals surface area contributed by atoms with Crippen molar-refractivity contribution in [3.63, 3.8) is 0 Å². The maximum atomic E-state index is 11.3. The normalized spacial score (nSPS) is 20.3. The molecule has 0 fully saturated rings. The van der Waals surface area contributed by atoms with E-state index < -0.39 is 0 Å². The molecule has 14 heavy (non-hydrogen) atoms. The van der Waals surface area contributed by atoms with Gasteiger partial charge in [0.25, 0.3) is 0 Å². The van der Waals surface area contributed by atoms with Crippen LogP contribution in [0.2, 0.25) is 0 Å². The van der Waals surface area contributed by atoms with E-state index in [0.717, 1.165) is 6.42 Å². The first-order chi connectivity index (χ1) is 6.72. The van der Waals surface area contributed by atoms with E-state index >= 15 is 0 Å². The minimum Gasteiger partial charge on any atom is -0.464 e. The minimum absolute atomic E-state index is 0.272. The van der Waals surface area contributed by atoms with Crippen LogP contribution in [0.4, 0.5) is 0 Å². The van der Waals surface area contributed by atoms with Crippen molar-refractivity contribution in [1.29, 1.82) is 0 Å². The standard InChI is InChI=1S/C11H15NO2/c1-7-4-3-5-8-6-9(11(13)14-2)12-10(7)8/h6-7,12H,3-5H2,1-2H3. The Kier molecular flexibility index (Phi) is 2.32. The van der Waals surface area contributed by atoms with Gasteiger partial charge in [0, 0.05) is 5.69 Å². The second-order valence-electron chi connectivity index (χ2n) is 3.91. The molecule has 1 atom stereocenters. The number of ether oxygens (including phenoxy) is 1. The van der Waals surface area contributed by atoms with E-state index in [9.17, 15) is 4.79 Å². The summed E-state index contributed by atoms with van der Waals surface area (Å²) in [6, 6.07) is 1.93. The summed E-state index contributed by atoms with van der Waals surface area (Å²) in [7, 11) is 1.41. The summed E-state index contributed by atoms with van der Waals surface area (Å²) >= 11 is 0. The second-order valence-corrected chi connectivity index (χ2v) is 3.91. The highest BCUT2D eigenvalue weighted by molar-refractivity contribution is 5.87. The van der Waals surface area contributed by atoms with Crippen LogP contribution in [-0.4, -0.2) is 18.1 Å². The van der Waals surface area contributed by atoms with E-state index in [4.69, 9.17) is 0 Å². The van der Waals surface area contributed by atoms with Crippen LogP contribution in [0.15, 0.2) is 6.07 Å². The van der Waals surface area contributed by atoms with Crippen molar-refractivity contribution in [2.75, 3.05) is 7.11 Å². The van der Waals surface area contributed by atoms with Crippen molar-refractivity contribution in [2.24, 2.45) is 0 Å². The molecule has 3 nitrogen and oxygen atoms in total. The maximum absolute atomic E-state index is 11.3. The number of nitrogens with one attached hydrogen (secondary N) is 1. The number of rotatable bonds is 1. The first kappa shape index (κ1) is 9.31. The second kappa shape index (κ2) is 3.48. The molecule has 1 heterocycles. The molecule has 0 aromatic carbocycles. The Morgan fingerprint density at radius 3 is 3.07 bits per heavy atom. The van der Waals surface area contributed by atoms with E-state index in [0.29, 0.717) is 11.6 Å². The Morgan fingerprint density at radius 1 is 1.64 bits per heavy atom. The van der Waals surface area contributed by atoms with E-state index in [1.54, 1.807) is 0 Å². The van der Waals surface area contributed by atoms with E-state index in [1.165, 1.54) is 31.2 Å². The number of hydrogen-bond acceptors (Lipinski definition) is 2. The van der Waals surface area contributed by atoms with Crippen LogP contribution >= 0.6 is 0 Å². The largest absolute Gasteiger partial charge is 0.464 e. The van der Waals surface area contributed by atoms with Gasteiger partial charge in [0.15, 0.2) is 0 Å². The number of aryl methyl sites for hydroxylation is 1. The Balaban J connectivity index is 2.35. The average molecular weight is 193 g/mol. The van der Waals surface area contributed by atoms with Crippen molar-refractivity contribution >= 4 is 5.97 Å². The number of H-pyrrole nitrogens is 1. The summed E-state index contributed by atoms with van der Waals surface area (Å²) in [6.07, 6.45) is 3.49. The first-order valence-electron chi connectivity index (χ1n) is 5.02. The summed E-state index contributed by atoms with van der Waals surface area (Å²) in [5.41, 5.74) is 3.09. The van der Waals surface area contributed by atoms with Gasteiger partial charge in [-0.3, -0.25) is 0 Å². The molecule has 1 N–H and O–H groups in total. The number of carbonyl (C=O) groups is 1. The fourth-order valence-corrected chi connectivity index (χ4v) is 2.12. The summed E-state index contributed by atoms with van der Waals surface area (Å²) in [5.74, 6) is 0.267. The molecule has 0 amide bonds. The van der Waals surface area contributed by atoms with Crippen molar-refractivity contribution in [3.8, 4) is 0 Å². The van der Waals surface area contributed by atoms with Gasteiger partial charge in [0.05, 0.1) is 7.11 Å². The van der Waals surface area contributed by atoms with Gasteiger partial charge in [-0.05, 0) is 36.8 Å². The Hall–Kier alpha value is -1.25. The molecular formula is C11H15NO2. The van der Waals surface area contributed by atoms with Gasteiger partial charge in [-0.15, -0.1) is 0 Å². The third kappa shape index (κ3) is 1.43. The summed E-state index contributed by atoms with van der Waals surface area (Å²) in [5, 5.41) is 0. The molecule has 76 valence electrons. The molecule has 0 spiro atoms. The Morgan fingerprint density at radius 2 is 2.43 bits per heavy atom. The van der Waals surface area contributed by atoms with Gasteiger partial charge in [0.2, 0.25) is 0 Å². The van der Waals surface area contributed by atoms with Crippen LogP contribution in [0, 0.1) is 0 Å². The molecule has 0 saturated carbocycles. The van der Waals surface area contributed by atoms with Gasteiger partial charge in [0.1, 0.15) is 5.69 Å². The number of fused-ring (bicyclic) bond motifs is 1. The molecule has 1 aliphatic rings. The van der Waals surface area contributed by atoms with Gasteiger partial charge in [-0.2, -0.15) is 0 Å². The molecular weight excluding hydrogens is 178 g/mol. The molecule has 1 unspecified atom stereocenters. The lowest BCUT2D eigenvalue weighted by atomic mass is 9.89. The van der Waals surface area contributed by atoms with Gasteiger partial charge < -0.3 is 9.72 Å². The van der Waals surface area contributed by atoms with Gasteiger partial charge >= 0.3 is 5.97 Å². The Labute approximate surface area is 83.5 Å². The summed E-state index contributed by atoms with van der Waals surface area (Å²) < 4.78 is 4.68. The van der Waals surface area contributed by atoms with E-state index in [1.807, 2.05) is 6.07 Å². The molecule has 3 heteroatoms. The van der Waals surface area contributed by atoms with E-state index in [2.05, 4.69) is 16.6 Å². The van der Waals surface area contributed by atoms with E-state index in [-0.39, 0.29) is 5.97 Å². The minimum atomic E-state index is -0.272. The van der Waals surface area contributed by atoms with Crippen LogP contribution in [0.1, 0.15) is 47.4 Å². The van der Waals surface area contributed by atoms with Crippen molar-refractivity contribution < 1.29 is 9.53 Å². The summed E-state index contributed by atoms with van der Waals surface area (Å²) in [6.45, 7) is 2.19. The number of carbonyl (C=O) groups excluding carboxylic acids is 1. The number of methoxy groups -OCH3 is 1. The maximum Gasteiger partial charge on any atom is 0.354 e. The highest BCUT2D eigenvalue weighted by Gasteiger charge is 2.21. The lowest BCUT2D eigenvalue weighted by molar-refractivity contribution is 0.0594. The molecule has 0 bridgehead atoms. The molecule has 1 aliphatic carbocycles. The first-order valence-corrected chi connectivity index (χ1v) is 5.02. The fraction of sp³-hybridized carbons (Fsp3) is 0.545. The van der Waals surface area contributed by atoms with Crippen molar-refractivity contribution in [3.05, 3.63) is 23.0 Å².